The summed E-state index contributed by atoms with van der Waals surface area (Å²) in [7, 11) is 7.51. The molecule has 0 bridgehead atoms. The number of benzene rings is 1. The molecule has 2 aromatic rings. The van der Waals surface area contributed by atoms with Crippen LogP contribution in [0.4, 0.5) is 4.79 Å². The molecule has 7 nitrogen and oxygen atoms in total. The molecule has 25 heavy (non-hydrogen) atoms. The number of imidazole rings is 1. The minimum atomic E-state index is -0.347. The fraction of sp³-hybridized carbons (Fsp3) is 0.444. The Balaban J connectivity index is 2.15. The molecule has 0 spiro atoms. The number of nitrogens with zero attached hydrogens (tertiary/aromatic N) is 3. The quantitative estimate of drug-likeness (QED) is 0.802. The smallest absolute Gasteiger partial charge is 0.315 e. The number of urea groups is 1. The Kier molecular flexibility index (Phi) is 6.41. The molecule has 2 unspecified atom stereocenters. The Morgan fingerprint density at radius 1 is 1.32 bits per heavy atom. The van der Waals surface area contributed by atoms with Gasteiger partial charge in [-0.2, -0.15) is 0 Å². The average molecular weight is 345 g/mol. The summed E-state index contributed by atoms with van der Waals surface area (Å²) >= 11 is 0. The number of likely N-dealkylation sites (N-methyl/N-ethyl adjacent to an activating group) is 1. The van der Waals surface area contributed by atoms with Crippen LogP contribution in [0.25, 0.3) is 0 Å². The molecule has 0 aliphatic carbocycles. The Hall–Kier alpha value is -2.54. The Bertz CT molecular complexity index is 681. The van der Waals surface area contributed by atoms with E-state index in [1.165, 1.54) is 0 Å². The van der Waals surface area contributed by atoms with Gasteiger partial charge in [0.2, 0.25) is 0 Å². The van der Waals surface area contributed by atoms with E-state index in [0.29, 0.717) is 6.54 Å². The summed E-state index contributed by atoms with van der Waals surface area (Å²) in [6.07, 6.45) is 3.58. The summed E-state index contributed by atoms with van der Waals surface area (Å²) in [5.74, 6) is 1.53. The number of ether oxygens (including phenoxy) is 1. The molecular weight excluding hydrogens is 318 g/mol. The number of hydrogen-bond donors (Lipinski definition) is 2. The van der Waals surface area contributed by atoms with Crippen molar-refractivity contribution in [2.24, 2.45) is 7.05 Å². The van der Waals surface area contributed by atoms with Crippen LogP contribution in [0.1, 0.15) is 24.4 Å². The average Bonchev–Trinajstić information content (AvgIpc) is 3.03. The van der Waals surface area contributed by atoms with Crippen molar-refractivity contribution < 1.29 is 9.53 Å². The maximum atomic E-state index is 12.4. The number of carbonyl (C=O) groups is 1. The minimum Gasteiger partial charge on any atom is -0.497 e. The van der Waals surface area contributed by atoms with Gasteiger partial charge in [0.05, 0.1) is 7.11 Å². The summed E-state index contributed by atoms with van der Waals surface area (Å²) < 4.78 is 7.11. The van der Waals surface area contributed by atoms with Crippen LogP contribution in [0.3, 0.4) is 0 Å². The SMILES string of the molecule is COc1ccc(C(NC(=O)NCC(C)N(C)C)c2nccn2C)cc1. The predicted molar refractivity (Wildman–Crippen MR) is 97.7 cm³/mol. The summed E-state index contributed by atoms with van der Waals surface area (Å²) in [6.45, 7) is 2.62. The maximum absolute atomic E-state index is 12.4. The summed E-state index contributed by atoms with van der Waals surface area (Å²) in [5, 5.41) is 5.93. The highest BCUT2D eigenvalue weighted by Gasteiger charge is 2.21. The van der Waals surface area contributed by atoms with E-state index >= 15 is 0 Å². The second-order valence-corrected chi connectivity index (χ2v) is 6.27. The van der Waals surface area contributed by atoms with Crippen LogP contribution in [0.2, 0.25) is 0 Å². The van der Waals surface area contributed by atoms with Crippen LogP contribution in [0, 0.1) is 0 Å². The van der Waals surface area contributed by atoms with E-state index in [-0.39, 0.29) is 18.1 Å². The van der Waals surface area contributed by atoms with Gasteiger partial charge in [-0.1, -0.05) is 12.1 Å². The summed E-state index contributed by atoms with van der Waals surface area (Å²) in [5.41, 5.74) is 0.936. The molecule has 2 atom stereocenters. The molecule has 0 saturated carbocycles. The zero-order valence-corrected chi connectivity index (χ0v) is 15.5. The first-order chi connectivity index (χ1) is 11.9. The number of methoxy groups -OCH3 is 1. The predicted octanol–water partition coefficient (Wildman–Crippen LogP) is 1.77. The fourth-order valence-corrected chi connectivity index (χ4v) is 2.35. The molecule has 1 aromatic heterocycles. The third kappa shape index (κ3) is 4.96. The highest BCUT2D eigenvalue weighted by molar-refractivity contribution is 5.74. The van der Waals surface area contributed by atoms with Crippen molar-refractivity contribution in [3.8, 4) is 5.75 Å². The van der Waals surface area contributed by atoms with Crippen molar-refractivity contribution >= 4 is 6.03 Å². The molecule has 0 aliphatic rings. The second-order valence-electron chi connectivity index (χ2n) is 6.27. The number of amides is 2. The van der Waals surface area contributed by atoms with E-state index in [4.69, 9.17) is 4.74 Å². The highest BCUT2D eigenvalue weighted by atomic mass is 16.5. The van der Waals surface area contributed by atoms with Crippen molar-refractivity contribution in [1.29, 1.82) is 0 Å². The van der Waals surface area contributed by atoms with Crippen LogP contribution >= 0.6 is 0 Å². The normalized spacial score (nSPS) is 13.4. The van der Waals surface area contributed by atoms with Gasteiger partial charge >= 0.3 is 6.03 Å². The van der Waals surface area contributed by atoms with Crippen LogP contribution < -0.4 is 15.4 Å². The molecule has 136 valence electrons. The summed E-state index contributed by atoms with van der Waals surface area (Å²) in [4.78, 5) is 18.8. The van der Waals surface area contributed by atoms with Crippen molar-refractivity contribution in [1.82, 2.24) is 25.1 Å². The largest absolute Gasteiger partial charge is 0.497 e. The van der Waals surface area contributed by atoms with E-state index in [1.54, 1.807) is 13.3 Å². The lowest BCUT2D eigenvalue weighted by atomic mass is 10.1. The van der Waals surface area contributed by atoms with Crippen molar-refractivity contribution in [2.75, 3.05) is 27.7 Å². The topological polar surface area (TPSA) is 71.4 Å². The molecule has 0 aliphatic heterocycles. The lowest BCUT2D eigenvalue weighted by molar-refractivity contribution is 0.232. The number of rotatable bonds is 7. The van der Waals surface area contributed by atoms with Gasteiger partial charge in [0.25, 0.3) is 0 Å². The molecule has 2 rings (SSSR count). The first-order valence-electron chi connectivity index (χ1n) is 8.24. The second kappa shape index (κ2) is 8.53. The van der Waals surface area contributed by atoms with Crippen molar-refractivity contribution in [2.45, 2.75) is 19.0 Å². The van der Waals surface area contributed by atoms with Gasteiger partial charge in [0.1, 0.15) is 17.6 Å². The summed E-state index contributed by atoms with van der Waals surface area (Å²) in [6, 6.07) is 7.29. The van der Waals surface area contributed by atoms with E-state index < -0.39 is 0 Å². The number of nitrogens with one attached hydrogen (secondary N) is 2. The molecule has 0 fully saturated rings. The van der Waals surface area contributed by atoms with Gasteiger partial charge in [-0.15, -0.1) is 0 Å². The van der Waals surface area contributed by atoms with Gasteiger partial charge in [-0.3, -0.25) is 0 Å². The van der Waals surface area contributed by atoms with Crippen LogP contribution in [0.5, 0.6) is 5.75 Å². The number of aryl methyl sites for hydroxylation is 1. The number of carbonyl (C=O) groups excluding carboxylic acids is 1. The Labute approximate surface area is 149 Å². The molecule has 1 heterocycles. The first kappa shape index (κ1) is 18.8. The zero-order valence-electron chi connectivity index (χ0n) is 15.5. The lowest BCUT2D eigenvalue weighted by Crippen LogP contribution is -2.44. The van der Waals surface area contributed by atoms with Crippen molar-refractivity contribution in [3.05, 3.63) is 48.0 Å². The van der Waals surface area contributed by atoms with Crippen LogP contribution in [0.15, 0.2) is 36.7 Å². The van der Waals surface area contributed by atoms with Crippen LogP contribution in [-0.2, 0) is 7.05 Å². The van der Waals surface area contributed by atoms with Gasteiger partial charge < -0.3 is 24.8 Å². The third-order valence-corrected chi connectivity index (χ3v) is 4.28. The van der Waals surface area contributed by atoms with Gasteiger partial charge in [0.15, 0.2) is 0 Å². The number of hydrogen-bond acceptors (Lipinski definition) is 4. The van der Waals surface area contributed by atoms with Crippen molar-refractivity contribution in [3.63, 3.8) is 0 Å². The molecule has 0 radical (unpaired) electrons. The van der Waals surface area contributed by atoms with Gasteiger partial charge in [-0.05, 0) is 38.7 Å². The third-order valence-electron chi connectivity index (χ3n) is 4.28. The van der Waals surface area contributed by atoms with E-state index in [9.17, 15) is 4.79 Å². The maximum Gasteiger partial charge on any atom is 0.315 e. The highest BCUT2D eigenvalue weighted by Crippen LogP contribution is 2.22. The molecule has 1 aromatic carbocycles. The van der Waals surface area contributed by atoms with Gasteiger partial charge in [-0.25, -0.2) is 9.78 Å². The first-order valence-corrected chi connectivity index (χ1v) is 8.24. The van der Waals surface area contributed by atoms with E-state index in [1.807, 2.05) is 56.2 Å². The van der Waals surface area contributed by atoms with Crippen LogP contribution in [-0.4, -0.2) is 54.3 Å². The number of aromatic nitrogens is 2. The monoisotopic (exact) mass is 345 g/mol. The molecule has 2 amide bonds. The van der Waals surface area contributed by atoms with E-state index in [2.05, 4.69) is 27.4 Å². The fourth-order valence-electron chi connectivity index (χ4n) is 2.35. The minimum absolute atomic E-state index is 0.225. The molecule has 7 heteroatoms. The molecule has 2 N–H and O–H groups in total. The van der Waals surface area contributed by atoms with Gasteiger partial charge in [0, 0.05) is 32.0 Å². The van der Waals surface area contributed by atoms with E-state index in [0.717, 1.165) is 17.1 Å². The lowest BCUT2D eigenvalue weighted by Gasteiger charge is -2.23. The molecular formula is C18H27N5O2. The standard InChI is InChI=1S/C18H27N5O2/c1-13(22(2)3)12-20-18(24)21-16(17-19-10-11-23(17)4)14-6-8-15(25-5)9-7-14/h6-11,13,16H,12H2,1-5H3,(H2,20,21,24). The zero-order chi connectivity index (χ0) is 18.4. The Morgan fingerprint density at radius 3 is 2.52 bits per heavy atom. The Morgan fingerprint density at radius 2 is 2.00 bits per heavy atom. The molecule has 0 saturated heterocycles.